The SMILES string of the molecule is CCCC(N)CC(=O)NC(CCS(C)(=O)=O)C(=O)O. The molecular weight excluding hydrogens is 272 g/mol. The molecule has 0 aromatic carbocycles. The molecule has 0 saturated heterocycles. The molecule has 0 aliphatic heterocycles. The van der Waals surface area contributed by atoms with Gasteiger partial charge in [0.05, 0.1) is 5.75 Å². The third kappa shape index (κ3) is 9.43. The molecule has 0 bridgehead atoms. The predicted molar refractivity (Wildman–Crippen MR) is 71.4 cm³/mol. The van der Waals surface area contributed by atoms with Gasteiger partial charge < -0.3 is 16.2 Å². The quantitative estimate of drug-likeness (QED) is 0.526. The molecule has 0 heterocycles. The summed E-state index contributed by atoms with van der Waals surface area (Å²) in [5.41, 5.74) is 5.68. The van der Waals surface area contributed by atoms with Gasteiger partial charge in [0.25, 0.3) is 0 Å². The maximum Gasteiger partial charge on any atom is 0.326 e. The predicted octanol–water partition coefficient (Wildman–Crippen LogP) is -0.492. The molecule has 112 valence electrons. The minimum Gasteiger partial charge on any atom is -0.480 e. The topological polar surface area (TPSA) is 127 Å². The average molecular weight is 294 g/mol. The number of rotatable bonds is 9. The molecule has 0 aromatic heterocycles. The lowest BCUT2D eigenvalue weighted by Crippen LogP contribution is -2.43. The molecule has 2 unspecified atom stereocenters. The van der Waals surface area contributed by atoms with Crippen LogP contribution in [0, 0.1) is 0 Å². The van der Waals surface area contributed by atoms with Crippen LogP contribution in [0.2, 0.25) is 0 Å². The third-order valence-corrected chi connectivity index (χ3v) is 3.49. The van der Waals surface area contributed by atoms with Crippen LogP contribution in [0.1, 0.15) is 32.6 Å². The molecule has 4 N–H and O–H groups in total. The van der Waals surface area contributed by atoms with Gasteiger partial charge in [-0.3, -0.25) is 4.79 Å². The van der Waals surface area contributed by atoms with Gasteiger partial charge in [-0.2, -0.15) is 0 Å². The van der Waals surface area contributed by atoms with Crippen molar-refractivity contribution >= 4 is 21.7 Å². The minimum atomic E-state index is -3.26. The first-order valence-corrected chi connectivity index (χ1v) is 8.17. The van der Waals surface area contributed by atoms with Crippen LogP contribution < -0.4 is 11.1 Å². The normalized spacial score (nSPS) is 14.7. The van der Waals surface area contributed by atoms with E-state index in [1.807, 2.05) is 6.92 Å². The molecule has 0 aliphatic rings. The summed E-state index contributed by atoms with van der Waals surface area (Å²) in [6.07, 6.45) is 2.42. The van der Waals surface area contributed by atoms with Crippen molar-refractivity contribution in [2.45, 2.75) is 44.7 Å². The fraction of sp³-hybridized carbons (Fsp3) is 0.818. The fourth-order valence-electron chi connectivity index (χ4n) is 1.55. The first-order chi connectivity index (χ1) is 8.65. The molecule has 0 spiro atoms. The van der Waals surface area contributed by atoms with Crippen LogP contribution in [0.15, 0.2) is 0 Å². The summed E-state index contributed by atoms with van der Waals surface area (Å²) in [5.74, 6) is -2.01. The first-order valence-electron chi connectivity index (χ1n) is 6.11. The van der Waals surface area contributed by atoms with Crippen LogP contribution in [0.25, 0.3) is 0 Å². The Kier molecular flexibility index (Phi) is 7.62. The number of aliphatic carboxylic acids is 1. The van der Waals surface area contributed by atoms with Crippen molar-refractivity contribution in [2.24, 2.45) is 5.73 Å². The van der Waals surface area contributed by atoms with Gasteiger partial charge >= 0.3 is 5.97 Å². The van der Waals surface area contributed by atoms with Gasteiger partial charge in [-0.15, -0.1) is 0 Å². The zero-order valence-corrected chi connectivity index (χ0v) is 12.1. The second-order valence-corrected chi connectivity index (χ2v) is 6.89. The minimum absolute atomic E-state index is 0.0382. The molecule has 0 radical (unpaired) electrons. The maximum atomic E-state index is 11.6. The Morgan fingerprint density at radius 1 is 1.32 bits per heavy atom. The highest BCUT2D eigenvalue weighted by molar-refractivity contribution is 7.90. The first kappa shape index (κ1) is 17.8. The molecule has 19 heavy (non-hydrogen) atoms. The van der Waals surface area contributed by atoms with E-state index in [1.54, 1.807) is 0 Å². The van der Waals surface area contributed by atoms with Gasteiger partial charge in [0.2, 0.25) is 5.91 Å². The van der Waals surface area contributed by atoms with Crippen molar-refractivity contribution in [3.8, 4) is 0 Å². The molecule has 0 saturated carbocycles. The van der Waals surface area contributed by atoms with Gasteiger partial charge in [0.15, 0.2) is 0 Å². The Hall–Kier alpha value is -1.15. The summed E-state index contributed by atoms with van der Waals surface area (Å²) in [4.78, 5) is 22.5. The van der Waals surface area contributed by atoms with Crippen molar-refractivity contribution in [3.05, 3.63) is 0 Å². The van der Waals surface area contributed by atoms with E-state index in [0.717, 1.165) is 12.7 Å². The van der Waals surface area contributed by atoms with Crippen molar-refractivity contribution in [2.75, 3.05) is 12.0 Å². The summed E-state index contributed by atoms with van der Waals surface area (Å²) in [5, 5.41) is 11.2. The van der Waals surface area contributed by atoms with Crippen LogP contribution in [-0.4, -0.2) is 49.5 Å². The lowest BCUT2D eigenvalue weighted by Gasteiger charge is -2.16. The maximum absolute atomic E-state index is 11.6. The van der Waals surface area contributed by atoms with Crippen molar-refractivity contribution in [3.63, 3.8) is 0 Å². The summed E-state index contributed by atoms with van der Waals surface area (Å²) >= 11 is 0. The van der Waals surface area contributed by atoms with E-state index in [9.17, 15) is 18.0 Å². The third-order valence-electron chi connectivity index (χ3n) is 2.52. The van der Waals surface area contributed by atoms with Crippen molar-refractivity contribution in [1.29, 1.82) is 0 Å². The number of carboxylic acid groups (broad SMARTS) is 1. The molecule has 8 heteroatoms. The smallest absolute Gasteiger partial charge is 0.326 e. The highest BCUT2D eigenvalue weighted by atomic mass is 32.2. The van der Waals surface area contributed by atoms with Crippen LogP contribution in [-0.2, 0) is 19.4 Å². The number of nitrogens with one attached hydrogen (secondary N) is 1. The number of hydrogen-bond acceptors (Lipinski definition) is 5. The summed E-state index contributed by atoms with van der Waals surface area (Å²) in [6.45, 7) is 1.93. The monoisotopic (exact) mass is 294 g/mol. The fourth-order valence-corrected chi connectivity index (χ4v) is 2.22. The Labute approximate surface area is 113 Å². The zero-order chi connectivity index (χ0) is 15.1. The van der Waals surface area contributed by atoms with Crippen LogP contribution in [0.5, 0.6) is 0 Å². The Bertz CT molecular complexity index is 407. The largest absolute Gasteiger partial charge is 0.480 e. The van der Waals surface area contributed by atoms with Gasteiger partial charge in [0.1, 0.15) is 15.9 Å². The number of carboxylic acids is 1. The Balaban J connectivity index is 4.35. The summed E-state index contributed by atoms with van der Waals surface area (Å²) in [6, 6.07) is -1.51. The number of carbonyl (C=O) groups excluding carboxylic acids is 1. The highest BCUT2D eigenvalue weighted by Crippen LogP contribution is 2.01. The van der Waals surface area contributed by atoms with Crippen molar-refractivity contribution in [1.82, 2.24) is 5.32 Å². The molecule has 0 aromatic rings. The van der Waals surface area contributed by atoms with E-state index < -0.39 is 27.8 Å². The molecule has 2 atom stereocenters. The molecule has 1 amide bonds. The van der Waals surface area contributed by atoms with Crippen LogP contribution >= 0.6 is 0 Å². The van der Waals surface area contributed by atoms with Gasteiger partial charge in [-0.25, -0.2) is 13.2 Å². The van der Waals surface area contributed by atoms with E-state index in [2.05, 4.69) is 5.32 Å². The molecule has 7 nitrogen and oxygen atoms in total. The second-order valence-electron chi connectivity index (χ2n) is 4.63. The van der Waals surface area contributed by atoms with Crippen LogP contribution in [0.3, 0.4) is 0 Å². The van der Waals surface area contributed by atoms with Gasteiger partial charge in [-0.05, 0) is 12.8 Å². The highest BCUT2D eigenvalue weighted by Gasteiger charge is 2.22. The molecular formula is C11H22N2O5S. The lowest BCUT2D eigenvalue weighted by molar-refractivity contribution is -0.141. The van der Waals surface area contributed by atoms with Crippen molar-refractivity contribution < 1.29 is 23.1 Å². The molecule has 0 aliphatic carbocycles. The summed E-state index contributed by atoms with van der Waals surface area (Å²) in [7, 11) is -3.26. The lowest BCUT2D eigenvalue weighted by atomic mass is 10.1. The standard InChI is InChI=1S/C11H22N2O5S/c1-3-4-8(12)7-10(14)13-9(11(15)16)5-6-19(2,17)18/h8-9H,3-7,12H2,1-2H3,(H,13,14)(H,15,16). The Morgan fingerprint density at radius 2 is 1.89 bits per heavy atom. The van der Waals surface area contributed by atoms with E-state index in [-0.39, 0.29) is 24.6 Å². The molecule has 0 fully saturated rings. The van der Waals surface area contributed by atoms with Gasteiger partial charge in [0, 0.05) is 18.7 Å². The molecule has 0 rings (SSSR count). The Morgan fingerprint density at radius 3 is 2.32 bits per heavy atom. The number of carbonyl (C=O) groups is 2. The number of amides is 1. The average Bonchev–Trinajstić information content (AvgIpc) is 2.22. The van der Waals surface area contributed by atoms with E-state index in [0.29, 0.717) is 6.42 Å². The number of hydrogen-bond donors (Lipinski definition) is 3. The van der Waals surface area contributed by atoms with Crippen LogP contribution in [0.4, 0.5) is 0 Å². The van der Waals surface area contributed by atoms with Gasteiger partial charge in [-0.1, -0.05) is 13.3 Å². The second kappa shape index (κ2) is 8.11. The zero-order valence-electron chi connectivity index (χ0n) is 11.3. The van der Waals surface area contributed by atoms with E-state index in [4.69, 9.17) is 10.8 Å². The summed E-state index contributed by atoms with van der Waals surface area (Å²) < 4.78 is 22.0. The van der Waals surface area contributed by atoms with E-state index in [1.165, 1.54) is 0 Å². The number of sulfone groups is 1. The number of nitrogens with two attached hydrogens (primary N) is 1. The van der Waals surface area contributed by atoms with E-state index >= 15 is 0 Å².